The lowest BCUT2D eigenvalue weighted by atomic mass is 10.0. The van der Waals surface area contributed by atoms with E-state index in [0.717, 1.165) is 116 Å². The zero-order valence-corrected chi connectivity index (χ0v) is 54.7. The van der Waals surface area contributed by atoms with E-state index in [4.69, 9.17) is 14.2 Å². The fourth-order valence-corrected chi connectivity index (χ4v) is 10.0. The first kappa shape index (κ1) is 79.1. The quantitative estimate of drug-likeness (QED) is 0.0261. The van der Waals surface area contributed by atoms with Gasteiger partial charge in [0, 0.05) is 19.3 Å². The fraction of sp³-hybridized carbons (Fsp3) is 0.727. The Balaban J connectivity index is 4.21. The van der Waals surface area contributed by atoms with Gasteiger partial charge in [-0.15, -0.1) is 0 Å². The molecule has 1 atom stereocenters. The average Bonchev–Trinajstić information content (AvgIpc) is 3.49. The summed E-state index contributed by atoms with van der Waals surface area (Å²) in [7, 11) is 0. The second kappa shape index (κ2) is 70.6. The van der Waals surface area contributed by atoms with E-state index in [-0.39, 0.29) is 31.1 Å². The molecule has 0 aliphatic heterocycles. The lowest BCUT2D eigenvalue weighted by Gasteiger charge is -2.18. The Morgan fingerprint density at radius 2 is 0.470 bits per heavy atom. The number of ether oxygens (including phenoxy) is 3. The normalized spacial score (nSPS) is 12.8. The van der Waals surface area contributed by atoms with E-state index in [9.17, 15) is 14.4 Å². The Kier molecular flexibility index (Phi) is 67.2. The Morgan fingerprint density at radius 1 is 0.253 bits per heavy atom. The molecule has 0 amide bonds. The van der Waals surface area contributed by atoms with Crippen LogP contribution >= 0.6 is 0 Å². The second-order valence-corrected chi connectivity index (χ2v) is 23.4. The number of carbonyl (C=O) groups is 3. The van der Waals surface area contributed by atoms with E-state index in [2.05, 4.69) is 130 Å². The van der Waals surface area contributed by atoms with Crippen LogP contribution in [0.2, 0.25) is 0 Å². The second-order valence-electron chi connectivity index (χ2n) is 23.4. The van der Waals surface area contributed by atoms with E-state index in [1.807, 2.05) is 0 Å². The van der Waals surface area contributed by atoms with Crippen LogP contribution in [0, 0.1) is 0 Å². The summed E-state index contributed by atoms with van der Waals surface area (Å²) in [5.74, 6) is -0.935. The predicted molar refractivity (Wildman–Crippen MR) is 362 cm³/mol. The molecular formula is C77H132O6. The SMILES string of the molecule is CC/C=C\C/C=C\C/C=C\C/C=C\CCCCC(=O)OCC(COC(=O)CCCCCCCCCCCCCCCCCCCCCCC/C=C\C/C=C\CCCCCCC)OC(=O)CCCCCCCCC/C=C\C/C=C\C/C=C\CC. The number of rotatable bonds is 64. The van der Waals surface area contributed by atoms with Crippen molar-refractivity contribution in [2.45, 2.75) is 348 Å². The zero-order chi connectivity index (χ0) is 59.9. The molecule has 6 heteroatoms. The van der Waals surface area contributed by atoms with E-state index >= 15 is 0 Å². The Morgan fingerprint density at radius 3 is 0.759 bits per heavy atom. The van der Waals surface area contributed by atoms with Gasteiger partial charge in [-0.3, -0.25) is 14.4 Å². The summed E-state index contributed by atoms with van der Waals surface area (Å²) in [6, 6.07) is 0. The lowest BCUT2D eigenvalue weighted by Crippen LogP contribution is -2.30. The Labute approximate surface area is 514 Å². The third-order valence-electron chi connectivity index (χ3n) is 15.2. The third-order valence-corrected chi connectivity index (χ3v) is 15.2. The molecule has 6 nitrogen and oxygen atoms in total. The lowest BCUT2D eigenvalue weighted by molar-refractivity contribution is -0.167. The number of hydrogen-bond acceptors (Lipinski definition) is 6. The van der Waals surface area contributed by atoms with Crippen molar-refractivity contribution >= 4 is 17.9 Å². The number of carbonyl (C=O) groups excluding carboxylic acids is 3. The molecule has 0 aromatic carbocycles. The van der Waals surface area contributed by atoms with Gasteiger partial charge in [0.15, 0.2) is 6.10 Å². The van der Waals surface area contributed by atoms with E-state index in [1.54, 1.807) is 0 Å². The van der Waals surface area contributed by atoms with Crippen LogP contribution in [0.15, 0.2) is 109 Å². The summed E-state index contributed by atoms with van der Waals surface area (Å²) in [5, 5.41) is 0. The minimum absolute atomic E-state index is 0.0938. The maximum atomic E-state index is 12.9. The smallest absolute Gasteiger partial charge is 0.306 e. The van der Waals surface area contributed by atoms with Crippen LogP contribution < -0.4 is 0 Å². The van der Waals surface area contributed by atoms with Crippen molar-refractivity contribution in [3.63, 3.8) is 0 Å². The van der Waals surface area contributed by atoms with Gasteiger partial charge in [0.25, 0.3) is 0 Å². The highest BCUT2D eigenvalue weighted by molar-refractivity contribution is 5.71. The van der Waals surface area contributed by atoms with Crippen molar-refractivity contribution in [3.05, 3.63) is 109 Å². The molecular weight excluding hydrogens is 1020 g/mol. The standard InChI is InChI=1S/C77H132O6/c1-4-7-10-13-16-19-22-25-28-30-31-32-33-34-35-36-37-38-39-40-41-42-43-44-45-47-49-52-55-58-61-64-67-70-76(79)82-73-74(72-81-75(78)69-66-63-60-57-54-51-48-27-24-21-18-15-12-9-6-3)83-77(80)71-68-65-62-59-56-53-50-46-29-26-23-20-17-14-11-8-5-2/h8-9,11-12,17-18,20-22,25-27,29-31,48,54,57,74H,4-7,10,13-16,19,23-24,28,32-47,49-53,55-56,58-73H2,1-3H3/b11-8-,12-9-,20-17-,21-18-,25-22-,29-26-,31-30-,48-27-,57-54-. The van der Waals surface area contributed by atoms with Crippen LogP contribution in [0.25, 0.3) is 0 Å². The minimum Gasteiger partial charge on any atom is -0.462 e. The van der Waals surface area contributed by atoms with Crippen LogP contribution in [0.5, 0.6) is 0 Å². The number of hydrogen-bond donors (Lipinski definition) is 0. The Hall–Kier alpha value is -3.93. The molecule has 0 aromatic rings. The topological polar surface area (TPSA) is 78.9 Å². The first-order valence-electron chi connectivity index (χ1n) is 35.4. The van der Waals surface area contributed by atoms with Gasteiger partial charge in [-0.25, -0.2) is 0 Å². The molecule has 83 heavy (non-hydrogen) atoms. The highest BCUT2D eigenvalue weighted by Crippen LogP contribution is 2.17. The van der Waals surface area contributed by atoms with Crippen molar-refractivity contribution < 1.29 is 28.6 Å². The Bertz CT molecular complexity index is 1660. The molecule has 0 aliphatic carbocycles. The summed E-state index contributed by atoms with van der Waals surface area (Å²) >= 11 is 0. The molecule has 0 saturated carbocycles. The van der Waals surface area contributed by atoms with Gasteiger partial charge >= 0.3 is 17.9 Å². The highest BCUT2D eigenvalue weighted by atomic mass is 16.6. The highest BCUT2D eigenvalue weighted by Gasteiger charge is 2.19. The minimum atomic E-state index is -0.802. The molecule has 0 saturated heterocycles. The first-order chi connectivity index (χ1) is 41.0. The van der Waals surface area contributed by atoms with E-state index < -0.39 is 6.10 Å². The van der Waals surface area contributed by atoms with Gasteiger partial charge in [0.2, 0.25) is 0 Å². The molecule has 476 valence electrons. The average molecular weight is 1150 g/mol. The monoisotopic (exact) mass is 1150 g/mol. The van der Waals surface area contributed by atoms with Gasteiger partial charge in [0.1, 0.15) is 13.2 Å². The largest absolute Gasteiger partial charge is 0.462 e. The first-order valence-corrected chi connectivity index (χ1v) is 35.4. The maximum absolute atomic E-state index is 12.9. The summed E-state index contributed by atoms with van der Waals surface area (Å²) in [6.45, 7) is 6.39. The van der Waals surface area contributed by atoms with Crippen molar-refractivity contribution in [1.29, 1.82) is 0 Å². The van der Waals surface area contributed by atoms with Gasteiger partial charge in [0.05, 0.1) is 0 Å². The summed E-state index contributed by atoms with van der Waals surface area (Å²) in [6.07, 6.45) is 97.1. The van der Waals surface area contributed by atoms with Crippen LogP contribution in [0.1, 0.15) is 342 Å². The van der Waals surface area contributed by atoms with Crippen molar-refractivity contribution in [2.75, 3.05) is 13.2 Å². The summed E-state index contributed by atoms with van der Waals surface area (Å²) in [5.41, 5.74) is 0. The molecule has 0 rings (SSSR count). The molecule has 0 heterocycles. The number of allylic oxidation sites excluding steroid dienone is 18. The molecule has 0 aromatic heterocycles. The third kappa shape index (κ3) is 68.7. The van der Waals surface area contributed by atoms with Gasteiger partial charge in [-0.1, -0.05) is 310 Å². The number of esters is 3. The van der Waals surface area contributed by atoms with Gasteiger partial charge in [-0.05, 0) is 122 Å². The van der Waals surface area contributed by atoms with Gasteiger partial charge < -0.3 is 14.2 Å². The number of unbranched alkanes of at least 4 members (excludes halogenated alkanes) is 35. The van der Waals surface area contributed by atoms with Crippen LogP contribution in [-0.2, 0) is 28.6 Å². The summed E-state index contributed by atoms with van der Waals surface area (Å²) < 4.78 is 16.9. The maximum Gasteiger partial charge on any atom is 0.306 e. The molecule has 0 fully saturated rings. The molecule has 0 bridgehead atoms. The van der Waals surface area contributed by atoms with E-state index in [0.29, 0.717) is 19.3 Å². The van der Waals surface area contributed by atoms with Gasteiger partial charge in [-0.2, -0.15) is 0 Å². The van der Waals surface area contributed by atoms with Crippen LogP contribution in [-0.4, -0.2) is 37.2 Å². The molecule has 0 aliphatic rings. The fourth-order valence-electron chi connectivity index (χ4n) is 10.0. The predicted octanol–water partition coefficient (Wildman–Crippen LogP) is 24.6. The molecule has 1 unspecified atom stereocenters. The zero-order valence-electron chi connectivity index (χ0n) is 54.7. The van der Waals surface area contributed by atoms with Crippen molar-refractivity contribution in [3.8, 4) is 0 Å². The van der Waals surface area contributed by atoms with Crippen molar-refractivity contribution in [2.24, 2.45) is 0 Å². The van der Waals surface area contributed by atoms with Crippen molar-refractivity contribution in [1.82, 2.24) is 0 Å². The summed E-state index contributed by atoms with van der Waals surface area (Å²) in [4.78, 5) is 38.4. The van der Waals surface area contributed by atoms with Crippen LogP contribution in [0.3, 0.4) is 0 Å². The molecule has 0 N–H and O–H groups in total. The van der Waals surface area contributed by atoms with E-state index in [1.165, 1.54) is 186 Å². The molecule has 0 spiro atoms. The van der Waals surface area contributed by atoms with Crippen LogP contribution in [0.4, 0.5) is 0 Å². The molecule has 0 radical (unpaired) electrons.